The largest absolute Gasteiger partial charge is 0.480 e. The van der Waals surface area contributed by atoms with Gasteiger partial charge in [0.25, 0.3) is 0 Å². The monoisotopic (exact) mass is 567 g/mol. The first-order valence-corrected chi connectivity index (χ1v) is 12.2. The highest BCUT2D eigenvalue weighted by Gasteiger charge is 2.31. The second-order valence-corrected chi connectivity index (χ2v) is 8.80. The van der Waals surface area contributed by atoms with Gasteiger partial charge in [-0.15, -0.1) is 0 Å². The van der Waals surface area contributed by atoms with E-state index in [1.807, 2.05) is 0 Å². The van der Waals surface area contributed by atoms with Crippen molar-refractivity contribution in [2.24, 2.45) is 0 Å². The van der Waals surface area contributed by atoms with Gasteiger partial charge in [0.15, 0.2) is 0 Å². The minimum Gasteiger partial charge on any atom is -0.480 e. The van der Waals surface area contributed by atoms with Crippen molar-refractivity contribution >= 4 is 29.7 Å². The number of amides is 2. The number of rotatable bonds is 22. The predicted molar refractivity (Wildman–Crippen MR) is 134 cm³/mol. The van der Waals surface area contributed by atoms with Crippen LogP contribution in [0.4, 0.5) is 0 Å². The minimum atomic E-state index is -1.32. The molecule has 0 aliphatic rings. The fraction of sp³-hybridized carbons (Fsp3) is 0.773. The summed E-state index contributed by atoms with van der Waals surface area (Å²) in [6.07, 6.45) is -3.23. The first kappa shape index (κ1) is 36.1. The molecule has 0 aliphatic heterocycles. The Kier molecular flexibility index (Phi) is 17.7. The van der Waals surface area contributed by atoms with Gasteiger partial charge in [0.05, 0.1) is 57.1 Å². The molecule has 0 aliphatic carbocycles. The van der Waals surface area contributed by atoms with Gasteiger partial charge < -0.3 is 46.4 Å². The maximum Gasteiger partial charge on any atom is 0.317 e. The van der Waals surface area contributed by atoms with E-state index in [9.17, 15) is 59.7 Å². The van der Waals surface area contributed by atoms with Gasteiger partial charge in [-0.2, -0.15) is 0 Å². The number of carbonyl (C=O) groups is 5. The van der Waals surface area contributed by atoms with E-state index in [2.05, 4.69) is 10.6 Å². The number of nitrogens with one attached hydrogen (secondary N) is 2. The molecule has 0 radical (unpaired) electrons. The van der Waals surface area contributed by atoms with Gasteiger partial charge in [0.2, 0.25) is 11.8 Å². The third kappa shape index (κ3) is 14.7. The lowest BCUT2D eigenvalue weighted by molar-refractivity contribution is -0.142. The van der Waals surface area contributed by atoms with Crippen LogP contribution in [-0.2, 0) is 24.0 Å². The summed E-state index contributed by atoms with van der Waals surface area (Å²) in [7, 11) is 2.62. The average Bonchev–Trinajstić information content (AvgIpc) is 2.88. The van der Waals surface area contributed by atoms with E-state index in [4.69, 9.17) is 0 Å². The fourth-order valence-corrected chi connectivity index (χ4v) is 3.88. The zero-order valence-corrected chi connectivity index (χ0v) is 22.1. The van der Waals surface area contributed by atoms with Crippen LogP contribution in [-0.4, -0.2) is 178 Å². The van der Waals surface area contributed by atoms with E-state index in [1.54, 1.807) is 0 Å². The molecular formula is C22H41N5O12. The van der Waals surface area contributed by atoms with Crippen LogP contribution in [0.2, 0.25) is 0 Å². The predicted octanol–water partition coefficient (Wildman–Crippen LogP) is -5.14. The second kappa shape index (κ2) is 19.2. The van der Waals surface area contributed by atoms with E-state index < -0.39 is 86.9 Å². The number of nitrogens with zero attached hydrogens (tertiary/aromatic N) is 3. The molecule has 0 aromatic rings. The normalized spacial score (nSPS) is 14.6. The van der Waals surface area contributed by atoms with Crippen molar-refractivity contribution in [1.29, 1.82) is 0 Å². The molecule has 4 atom stereocenters. The van der Waals surface area contributed by atoms with Crippen LogP contribution in [0.25, 0.3) is 0 Å². The standard InChI is InChI=1S/C22H41N5O12/c1-23-21(38)16(7-14(30)12-28)26(10-19(34)35)5-3-25(9-18(32)33)4-6-27(11-20(36)37)17(22(39)24-2)8-15(31)13-29/h14-17,28-31H,3-13H2,1-2H3,(H,23,38)(H,24,39)(H,32,33)(H,34,35)(H,36,37). The molecule has 17 nitrogen and oxygen atoms in total. The molecule has 0 saturated carbocycles. The molecule has 39 heavy (non-hydrogen) atoms. The van der Waals surface area contributed by atoms with Gasteiger partial charge in [-0.3, -0.25) is 38.7 Å². The molecule has 0 bridgehead atoms. The highest BCUT2D eigenvalue weighted by atomic mass is 16.4. The van der Waals surface area contributed by atoms with Crippen molar-refractivity contribution in [3.05, 3.63) is 0 Å². The van der Waals surface area contributed by atoms with Gasteiger partial charge in [0.1, 0.15) is 0 Å². The van der Waals surface area contributed by atoms with Gasteiger partial charge in [0, 0.05) is 53.1 Å². The van der Waals surface area contributed by atoms with Crippen LogP contribution in [0.5, 0.6) is 0 Å². The Balaban J connectivity index is 5.87. The molecule has 4 unspecified atom stereocenters. The van der Waals surface area contributed by atoms with Crippen LogP contribution in [0.3, 0.4) is 0 Å². The molecule has 226 valence electrons. The Morgan fingerprint density at radius 1 is 0.615 bits per heavy atom. The van der Waals surface area contributed by atoms with E-state index >= 15 is 0 Å². The Labute approximate surface area is 225 Å². The first-order valence-electron chi connectivity index (χ1n) is 12.2. The summed E-state index contributed by atoms with van der Waals surface area (Å²) in [5.41, 5.74) is 0. The Morgan fingerprint density at radius 3 is 1.21 bits per heavy atom. The summed E-state index contributed by atoms with van der Waals surface area (Å²) in [5.74, 6) is -5.10. The Morgan fingerprint density at radius 2 is 0.949 bits per heavy atom. The summed E-state index contributed by atoms with van der Waals surface area (Å²) < 4.78 is 0. The molecule has 0 spiro atoms. The van der Waals surface area contributed by atoms with E-state index in [0.29, 0.717) is 0 Å². The number of carbonyl (C=O) groups excluding carboxylic acids is 2. The van der Waals surface area contributed by atoms with Crippen molar-refractivity contribution in [3.8, 4) is 0 Å². The third-order valence-electron chi connectivity index (χ3n) is 5.83. The Hall–Kier alpha value is -2.93. The molecule has 9 N–H and O–H groups in total. The highest BCUT2D eigenvalue weighted by Crippen LogP contribution is 2.11. The summed E-state index contributed by atoms with van der Waals surface area (Å²) in [6.45, 7) is -3.68. The molecule has 0 aromatic heterocycles. The quantitative estimate of drug-likeness (QED) is 0.0592. The molecule has 0 rings (SSSR count). The van der Waals surface area contributed by atoms with Gasteiger partial charge >= 0.3 is 17.9 Å². The number of hydrogen-bond donors (Lipinski definition) is 9. The second-order valence-electron chi connectivity index (χ2n) is 8.80. The highest BCUT2D eigenvalue weighted by molar-refractivity contribution is 5.83. The number of aliphatic hydroxyl groups is 4. The summed E-state index contributed by atoms with van der Waals surface area (Å²) in [6, 6.07) is -2.33. The maximum absolute atomic E-state index is 12.4. The number of hydrogen-bond acceptors (Lipinski definition) is 12. The number of carboxylic acid groups (broad SMARTS) is 3. The van der Waals surface area contributed by atoms with Crippen LogP contribution in [0.15, 0.2) is 0 Å². The average molecular weight is 568 g/mol. The zero-order chi connectivity index (χ0) is 30.1. The summed E-state index contributed by atoms with van der Waals surface area (Å²) in [5, 5.41) is 70.9. The lowest BCUT2D eigenvalue weighted by atomic mass is 10.1. The number of aliphatic hydroxyl groups excluding tert-OH is 4. The van der Waals surface area contributed by atoms with Gasteiger partial charge in [-0.05, 0) is 0 Å². The van der Waals surface area contributed by atoms with Crippen LogP contribution in [0, 0.1) is 0 Å². The topological polar surface area (TPSA) is 261 Å². The van der Waals surface area contributed by atoms with Crippen molar-refractivity contribution in [3.63, 3.8) is 0 Å². The van der Waals surface area contributed by atoms with Gasteiger partial charge in [-0.1, -0.05) is 0 Å². The zero-order valence-electron chi connectivity index (χ0n) is 22.1. The molecule has 17 heteroatoms. The number of likely N-dealkylation sites (N-methyl/N-ethyl adjacent to an activating group) is 2. The fourth-order valence-electron chi connectivity index (χ4n) is 3.88. The van der Waals surface area contributed by atoms with Crippen molar-refractivity contribution in [1.82, 2.24) is 25.3 Å². The Bertz CT molecular complexity index is 745. The lowest BCUT2D eigenvalue weighted by Gasteiger charge is -2.34. The van der Waals surface area contributed by atoms with Crippen molar-refractivity contribution in [2.75, 3.05) is 73.1 Å². The smallest absolute Gasteiger partial charge is 0.317 e. The molecule has 0 aromatic carbocycles. The van der Waals surface area contributed by atoms with E-state index in [0.717, 1.165) is 0 Å². The summed E-state index contributed by atoms with van der Waals surface area (Å²) >= 11 is 0. The number of aliphatic carboxylic acids is 3. The molecular weight excluding hydrogens is 526 g/mol. The minimum absolute atomic E-state index is 0.104. The SMILES string of the molecule is CNC(=O)C(CC(O)CO)N(CCN(CCN(CC(=O)O)C(CC(O)CO)C(=O)NC)CC(=O)O)CC(=O)O. The lowest BCUT2D eigenvalue weighted by Crippen LogP contribution is -2.54. The van der Waals surface area contributed by atoms with Crippen LogP contribution >= 0.6 is 0 Å². The van der Waals surface area contributed by atoms with E-state index in [-0.39, 0.29) is 39.0 Å². The van der Waals surface area contributed by atoms with Crippen molar-refractivity contribution < 1.29 is 59.7 Å². The van der Waals surface area contributed by atoms with Crippen molar-refractivity contribution in [2.45, 2.75) is 37.1 Å². The summed E-state index contributed by atoms with van der Waals surface area (Å²) in [4.78, 5) is 63.0. The van der Waals surface area contributed by atoms with Crippen LogP contribution < -0.4 is 10.6 Å². The molecule has 0 saturated heterocycles. The van der Waals surface area contributed by atoms with Gasteiger partial charge in [-0.25, -0.2) is 0 Å². The first-order chi connectivity index (χ1) is 18.3. The molecule has 0 fully saturated rings. The molecule has 2 amide bonds. The van der Waals surface area contributed by atoms with E-state index in [1.165, 1.54) is 28.8 Å². The number of carboxylic acids is 3. The van der Waals surface area contributed by atoms with Crippen LogP contribution in [0.1, 0.15) is 12.8 Å². The maximum atomic E-state index is 12.4. The molecule has 0 heterocycles. The third-order valence-corrected chi connectivity index (χ3v) is 5.83.